The van der Waals surface area contributed by atoms with Crippen LogP contribution in [0.25, 0.3) is 0 Å². The van der Waals surface area contributed by atoms with Crippen LogP contribution in [0.15, 0.2) is 30.3 Å². The fourth-order valence-electron chi connectivity index (χ4n) is 1.78. The molecule has 94 valence electrons. The first-order valence-corrected chi connectivity index (χ1v) is 6.22. The largest absolute Gasteiger partial charge is 0.330 e. The highest BCUT2D eigenvalue weighted by Gasteiger charge is 2.12. The van der Waals surface area contributed by atoms with Crippen molar-refractivity contribution in [3.63, 3.8) is 0 Å². The van der Waals surface area contributed by atoms with E-state index in [4.69, 9.17) is 5.73 Å². The summed E-state index contributed by atoms with van der Waals surface area (Å²) in [5, 5.41) is 3.30. The third-order valence-corrected chi connectivity index (χ3v) is 2.83. The number of Topliss-reactive ketones (excluding diaryl/α,β-unsaturated/α-hetero) is 1. The predicted molar refractivity (Wildman–Crippen MR) is 70.7 cm³/mol. The summed E-state index contributed by atoms with van der Waals surface area (Å²) in [5.41, 5.74) is 6.66. The molecule has 1 atom stereocenters. The molecule has 1 aromatic carbocycles. The van der Waals surface area contributed by atoms with Crippen molar-refractivity contribution < 1.29 is 4.79 Å². The average Bonchev–Trinajstić information content (AvgIpc) is 2.34. The Balaban J connectivity index is 2.36. The number of unbranched alkanes of at least 4 members (excludes halogenated alkanes) is 1. The summed E-state index contributed by atoms with van der Waals surface area (Å²) in [6, 6.07) is 10.1. The lowest BCUT2D eigenvalue weighted by Crippen LogP contribution is -2.34. The van der Waals surface area contributed by atoms with Crippen molar-refractivity contribution in [1.29, 1.82) is 0 Å². The molecule has 1 rings (SSSR count). The summed E-state index contributed by atoms with van der Waals surface area (Å²) < 4.78 is 0. The van der Waals surface area contributed by atoms with Gasteiger partial charge in [-0.2, -0.15) is 0 Å². The van der Waals surface area contributed by atoms with Gasteiger partial charge in [0.05, 0.1) is 6.04 Å². The molecule has 0 fully saturated rings. The van der Waals surface area contributed by atoms with E-state index >= 15 is 0 Å². The molecule has 0 saturated carbocycles. The zero-order chi connectivity index (χ0) is 12.5. The van der Waals surface area contributed by atoms with Gasteiger partial charge in [0, 0.05) is 6.54 Å². The Labute approximate surface area is 103 Å². The fraction of sp³-hybridized carbons (Fsp3) is 0.500. The van der Waals surface area contributed by atoms with Crippen molar-refractivity contribution in [3.05, 3.63) is 35.9 Å². The van der Waals surface area contributed by atoms with Crippen LogP contribution in [0.1, 0.15) is 31.7 Å². The zero-order valence-electron chi connectivity index (χ0n) is 10.5. The highest BCUT2D eigenvalue weighted by molar-refractivity contribution is 5.81. The molecule has 0 saturated heterocycles. The standard InChI is InChI=1S/C14H22N2O/c1-12(17)14(9-5-6-10-15)16-11-13-7-3-2-4-8-13/h2-4,7-8,14,16H,5-6,9-11,15H2,1H3. The van der Waals surface area contributed by atoms with Crippen LogP contribution in [-0.4, -0.2) is 18.4 Å². The van der Waals surface area contributed by atoms with Gasteiger partial charge in [-0.3, -0.25) is 4.79 Å². The summed E-state index contributed by atoms with van der Waals surface area (Å²) in [6.07, 6.45) is 2.86. The first-order valence-electron chi connectivity index (χ1n) is 6.22. The Kier molecular flexibility index (Phi) is 6.51. The highest BCUT2D eigenvalue weighted by Crippen LogP contribution is 2.04. The van der Waals surface area contributed by atoms with Gasteiger partial charge >= 0.3 is 0 Å². The Hall–Kier alpha value is -1.19. The number of carbonyl (C=O) groups excluding carboxylic acids is 1. The monoisotopic (exact) mass is 234 g/mol. The van der Waals surface area contributed by atoms with E-state index < -0.39 is 0 Å². The third-order valence-electron chi connectivity index (χ3n) is 2.83. The number of carbonyl (C=O) groups is 1. The molecule has 3 heteroatoms. The molecule has 0 spiro atoms. The quantitative estimate of drug-likeness (QED) is 0.675. The summed E-state index contributed by atoms with van der Waals surface area (Å²) in [7, 11) is 0. The van der Waals surface area contributed by atoms with Gasteiger partial charge in [-0.1, -0.05) is 36.8 Å². The molecule has 0 aromatic heterocycles. The second-order valence-electron chi connectivity index (χ2n) is 4.31. The van der Waals surface area contributed by atoms with E-state index in [1.165, 1.54) is 5.56 Å². The first-order chi connectivity index (χ1) is 8.24. The van der Waals surface area contributed by atoms with Crippen molar-refractivity contribution in [3.8, 4) is 0 Å². The van der Waals surface area contributed by atoms with E-state index in [2.05, 4.69) is 17.4 Å². The van der Waals surface area contributed by atoms with Gasteiger partial charge in [-0.15, -0.1) is 0 Å². The van der Waals surface area contributed by atoms with Crippen LogP contribution in [0.2, 0.25) is 0 Å². The molecule has 0 aliphatic rings. The molecule has 3 nitrogen and oxygen atoms in total. The summed E-state index contributed by atoms with van der Waals surface area (Å²) in [4.78, 5) is 11.5. The number of rotatable bonds is 8. The Bertz CT molecular complexity index is 324. The van der Waals surface area contributed by atoms with E-state index in [0.29, 0.717) is 6.54 Å². The molecule has 0 amide bonds. The van der Waals surface area contributed by atoms with Crippen molar-refractivity contribution in [1.82, 2.24) is 5.32 Å². The molecular formula is C14H22N2O. The number of nitrogens with two attached hydrogens (primary N) is 1. The van der Waals surface area contributed by atoms with Gasteiger partial charge < -0.3 is 11.1 Å². The summed E-state index contributed by atoms with van der Waals surface area (Å²) in [6.45, 7) is 3.09. The lowest BCUT2D eigenvalue weighted by Gasteiger charge is -2.15. The molecule has 0 aliphatic carbocycles. The minimum Gasteiger partial charge on any atom is -0.330 e. The molecular weight excluding hydrogens is 212 g/mol. The molecule has 0 bridgehead atoms. The van der Waals surface area contributed by atoms with E-state index in [1.807, 2.05) is 18.2 Å². The smallest absolute Gasteiger partial charge is 0.146 e. The van der Waals surface area contributed by atoms with Crippen molar-refractivity contribution >= 4 is 5.78 Å². The molecule has 0 aliphatic heterocycles. The Morgan fingerprint density at radius 1 is 1.29 bits per heavy atom. The topological polar surface area (TPSA) is 55.1 Å². The Morgan fingerprint density at radius 2 is 2.00 bits per heavy atom. The number of hydrogen-bond acceptors (Lipinski definition) is 3. The summed E-state index contributed by atoms with van der Waals surface area (Å²) in [5.74, 6) is 0.206. The molecule has 1 aromatic rings. The average molecular weight is 234 g/mol. The maximum Gasteiger partial charge on any atom is 0.146 e. The number of nitrogens with one attached hydrogen (secondary N) is 1. The molecule has 1 unspecified atom stereocenters. The van der Waals surface area contributed by atoms with Gasteiger partial charge in [0.25, 0.3) is 0 Å². The van der Waals surface area contributed by atoms with Crippen LogP contribution in [0.4, 0.5) is 0 Å². The second kappa shape index (κ2) is 7.98. The van der Waals surface area contributed by atoms with E-state index in [1.54, 1.807) is 6.92 Å². The van der Waals surface area contributed by atoms with E-state index in [9.17, 15) is 4.79 Å². The van der Waals surface area contributed by atoms with Crippen molar-refractivity contribution in [2.75, 3.05) is 6.54 Å². The SMILES string of the molecule is CC(=O)C(CCCCN)NCc1ccccc1. The maximum atomic E-state index is 11.5. The van der Waals surface area contributed by atoms with E-state index in [0.717, 1.165) is 25.8 Å². The molecule has 17 heavy (non-hydrogen) atoms. The third kappa shape index (κ3) is 5.61. The summed E-state index contributed by atoms with van der Waals surface area (Å²) >= 11 is 0. The van der Waals surface area contributed by atoms with Crippen LogP contribution in [-0.2, 0) is 11.3 Å². The van der Waals surface area contributed by atoms with Crippen LogP contribution in [0.5, 0.6) is 0 Å². The van der Waals surface area contributed by atoms with Gasteiger partial charge in [0.15, 0.2) is 0 Å². The van der Waals surface area contributed by atoms with E-state index in [-0.39, 0.29) is 11.8 Å². The van der Waals surface area contributed by atoms with Crippen molar-refractivity contribution in [2.45, 2.75) is 38.8 Å². The lowest BCUT2D eigenvalue weighted by atomic mass is 10.1. The molecule has 0 radical (unpaired) electrons. The van der Waals surface area contributed by atoms with Crippen LogP contribution in [0.3, 0.4) is 0 Å². The predicted octanol–water partition coefficient (Wildman–Crippen LogP) is 1.86. The minimum atomic E-state index is -0.0400. The highest BCUT2D eigenvalue weighted by atomic mass is 16.1. The van der Waals surface area contributed by atoms with Gasteiger partial charge in [-0.05, 0) is 31.9 Å². The van der Waals surface area contributed by atoms with Crippen LogP contribution < -0.4 is 11.1 Å². The fourth-order valence-corrected chi connectivity index (χ4v) is 1.78. The lowest BCUT2D eigenvalue weighted by molar-refractivity contribution is -0.119. The van der Waals surface area contributed by atoms with Crippen molar-refractivity contribution in [2.24, 2.45) is 5.73 Å². The van der Waals surface area contributed by atoms with Crippen LogP contribution >= 0.6 is 0 Å². The first kappa shape index (κ1) is 13.9. The number of hydrogen-bond donors (Lipinski definition) is 2. The second-order valence-corrected chi connectivity index (χ2v) is 4.31. The minimum absolute atomic E-state index is 0.0400. The Morgan fingerprint density at radius 3 is 2.59 bits per heavy atom. The molecule has 0 heterocycles. The number of benzene rings is 1. The zero-order valence-corrected chi connectivity index (χ0v) is 10.5. The maximum absolute atomic E-state index is 11.5. The van der Waals surface area contributed by atoms with Crippen LogP contribution in [0, 0.1) is 0 Å². The van der Waals surface area contributed by atoms with Gasteiger partial charge in [0.2, 0.25) is 0 Å². The van der Waals surface area contributed by atoms with Gasteiger partial charge in [-0.25, -0.2) is 0 Å². The van der Waals surface area contributed by atoms with Gasteiger partial charge in [0.1, 0.15) is 5.78 Å². The normalized spacial score (nSPS) is 12.4. The number of ketones is 1. The molecule has 3 N–H and O–H groups in total.